The van der Waals surface area contributed by atoms with E-state index < -0.39 is 6.04 Å². The third-order valence-electron chi connectivity index (χ3n) is 4.45. The maximum atomic E-state index is 13.9. The molecule has 29 heavy (non-hydrogen) atoms. The van der Waals surface area contributed by atoms with Gasteiger partial charge in [-0.2, -0.15) is 0 Å². The quantitative estimate of drug-likeness (QED) is 0.589. The maximum absolute atomic E-state index is 13.9. The topological polar surface area (TPSA) is 49.4 Å². The van der Waals surface area contributed by atoms with Crippen molar-refractivity contribution in [2.75, 3.05) is 12.3 Å². The van der Waals surface area contributed by atoms with Crippen LogP contribution in [-0.4, -0.2) is 35.1 Å². The molecule has 0 saturated carbocycles. The Balaban J connectivity index is 2.06. The Morgan fingerprint density at radius 2 is 1.90 bits per heavy atom. The summed E-state index contributed by atoms with van der Waals surface area (Å²) in [5.74, 6) is -0.329. The van der Waals surface area contributed by atoms with E-state index in [0.717, 1.165) is 12.0 Å². The van der Waals surface area contributed by atoms with Gasteiger partial charge in [0.25, 0.3) is 0 Å². The standard InChI is InChI=1S/C22H26ClFN2O2S/c1-3-12-25-22(28)16(2)26(13-17-8-5-4-6-9-17)21(27)15-29-14-18-19(23)10-7-11-20(18)24/h4-11,16H,3,12-15H2,1-2H3,(H,25,28). The third kappa shape index (κ3) is 7.05. The van der Waals surface area contributed by atoms with Gasteiger partial charge in [-0.1, -0.05) is 54.9 Å². The lowest BCUT2D eigenvalue weighted by molar-refractivity contribution is -0.138. The molecule has 0 aromatic heterocycles. The Hall–Kier alpha value is -2.05. The fourth-order valence-corrected chi connectivity index (χ4v) is 4.00. The number of thioether (sulfide) groups is 1. The Bertz CT molecular complexity index is 799. The van der Waals surface area contributed by atoms with E-state index in [1.807, 2.05) is 37.3 Å². The molecule has 1 atom stereocenters. The van der Waals surface area contributed by atoms with Crippen molar-refractivity contribution < 1.29 is 14.0 Å². The molecule has 4 nitrogen and oxygen atoms in total. The van der Waals surface area contributed by atoms with Crippen LogP contribution >= 0.6 is 23.4 Å². The summed E-state index contributed by atoms with van der Waals surface area (Å²) in [5.41, 5.74) is 1.33. The molecule has 7 heteroatoms. The fraction of sp³-hybridized carbons (Fsp3) is 0.364. The van der Waals surface area contributed by atoms with Crippen molar-refractivity contribution in [1.82, 2.24) is 10.2 Å². The summed E-state index contributed by atoms with van der Waals surface area (Å²) >= 11 is 7.33. The second kappa shape index (κ2) is 11.8. The van der Waals surface area contributed by atoms with Crippen LogP contribution in [0.25, 0.3) is 0 Å². The number of hydrogen-bond acceptors (Lipinski definition) is 3. The average molecular weight is 437 g/mol. The van der Waals surface area contributed by atoms with Crippen LogP contribution < -0.4 is 5.32 Å². The van der Waals surface area contributed by atoms with Crippen LogP contribution in [0, 0.1) is 5.82 Å². The smallest absolute Gasteiger partial charge is 0.242 e. The van der Waals surface area contributed by atoms with E-state index in [1.54, 1.807) is 24.0 Å². The number of nitrogens with zero attached hydrogens (tertiary/aromatic N) is 1. The van der Waals surface area contributed by atoms with Gasteiger partial charge in [-0.3, -0.25) is 9.59 Å². The lowest BCUT2D eigenvalue weighted by Gasteiger charge is -2.28. The number of carbonyl (C=O) groups excluding carboxylic acids is 2. The van der Waals surface area contributed by atoms with Crippen molar-refractivity contribution >= 4 is 35.2 Å². The molecule has 156 valence electrons. The number of amides is 2. The largest absolute Gasteiger partial charge is 0.354 e. The molecule has 0 spiro atoms. The van der Waals surface area contributed by atoms with E-state index in [4.69, 9.17) is 11.6 Å². The molecule has 1 N–H and O–H groups in total. The molecule has 0 aliphatic rings. The van der Waals surface area contributed by atoms with Crippen molar-refractivity contribution in [3.63, 3.8) is 0 Å². The lowest BCUT2D eigenvalue weighted by atomic mass is 10.1. The van der Waals surface area contributed by atoms with Crippen molar-refractivity contribution in [1.29, 1.82) is 0 Å². The first-order valence-electron chi connectivity index (χ1n) is 9.55. The van der Waals surface area contributed by atoms with Gasteiger partial charge in [-0.15, -0.1) is 11.8 Å². The summed E-state index contributed by atoms with van der Waals surface area (Å²) in [6, 6.07) is 13.5. The molecule has 0 radical (unpaired) electrons. The Morgan fingerprint density at radius 3 is 2.55 bits per heavy atom. The molecule has 0 aliphatic carbocycles. The second-order valence-electron chi connectivity index (χ2n) is 6.67. The summed E-state index contributed by atoms with van der Waals surface area (Å²) in [4.78, 5) is 26.9. The normalized spacial score (nSPS) is 11.7. The molecular formula is C22H26ClFN2O2S. The van der Waals surface area contributed by atoms with Gasteiger partial charge in [0.05, 0.1) is 5.75 Å². The average Bonchev–Trinajstić information content (AvgIpc) is 2.72. The first-order chi connectivity index (χ1) is 13.9. The van der Waals surface area contributed by atoms with Crippen LogP contribution in [0.1, 0.15) is 31.4 Å². The SMILES string of the molecule is CCCNC(=O)C(C)N(Cc1ccccc1)C(=O)CSCc1c(F)cccc1Cl. The Morgan fingerprint density at radius 1 is 1.17 bits per heavy atom. The molecular weight excluding hydrogens is 411 g/mol. The van der Waals surface area contributed by atoms with Crippen LogP contribution in [0.15, 0.2) is 48.5 Å². The highest BCUT2D eigenvalue weighted by atomic mass is 35.5. The van der Waals surface area contributed by atoms with Crippen LogP contribution in [0.2, 0.25) is 5.02 Å². The molecule has 1 unspecified atom stereocenters. The third-order valence-corrected chi connectivity index (χ3v) is 5.74. The van der Waals surface area contributed by atoms with E-state index >= 15 is 0 Å². The first-order valence-corrected chi connectivity index (χ1v) is 11.1. The molecule has 2 amide bonds. The van der Waals surface area contributed by atoms with Crippen LogP contribution in [0.4, 0.5) is 4.39 Å². The van der Waals surface area contributed by atoms with E-state index in [1.165, 1.54) is 17.8 Å². The van der Waals surface area contributed by atoms with E-state index in [0.29, 0.717) is 23.7 Å². The fourth-order valence-electron chi connectivity index (χ4n) is 2.75. The zero-order valence-electron chi connectivity index (χ0n) is 16.7. The van der Waals surface area contributed by atoms with Gasteiger partial charge in [-0.05, 0) is 31.0 Å². The zero-order chi connectivity index (χ0) is 21.2. The highest BCUT2D eigenvalue weighted by Crippen LogP contribution is 2.24. The Labute approximate surface area is 180 Å². The first kappa shape index (κ1) is 23.2. The molecule has 0 aliphatic heterocycles. The lowest BCUT2D eigenvalue weighted by Crippen LogP contribution is -2.48. The summed E-state index contributed by atoms with van der Waals surface area (Å²) in [6.45, 7) is 4.60. The maximum Gasteiger partial charge on any atom is 0.242 e. The number of hydrogen-bond donors (Lipinski definition) is 1. The van der Waals surface area contributed by atoms with Gasteiger partial charge in [0, 0.05) is 29.4 Å². The van der Waals surface area contributed by atoms with Crippen LogP contribution in [0.5, 0.6) is 0 Å². The molecule has 2 aromatic carbocycles. The van der Waals surface area contributed by atoms with Gasteiger partial charge in [0.1, 0.15) is 11.9 Å². The second-order valence-corrected chi connectivity index (χ2v) is 8.06. The minimum Gasteiger partial charge on any atom is -0.354 e. The summed E-state index contributed by atoms with van der Waals surface area (Å²) in [7, 11) is 0. The van der Waals surface area contributed by atoms with Crippen molar-refractivity contribution in [3.8, 4) is 0 Å². The molecule has 2 aromatic rings. The van der Waals surface area contributed by atoms with Crippen LogP contribution in [0.3, 0.4) is 0 Å². The van der Waals surface area contributed by atoms with E-state index in [-0.39, 0.29) is 29.1 Å². The molecule has 0 bridgehead atoms. The predicted octanol–water partition coefficient (Wildman–Crippen LogP) is 4.66. The van der Waals surface area contributed by atoms with Gasteiger partial charge in [0.15, 0.2) is 0 Å². The highest BCUT2D eigenvalue weighted by molar-refractivity contribution is 7.99. The van der Waals surface area contributed by atoms with E-state index in [2.05, 4.69) is 5.32 Å². The highest BCUT2D eigenvalue weighted by Gasteiger charge is 2.25. The van der Waals surface area contributed by atoms with Gasteiger partial charge in [-0.25, -0.2) is 4.39 Å². The van der Waals surface area contributed by atoms with Gasteiger partial charge in [0.2, 0.25) is 11.8 Å². The predicted molar refractivity (Wildman–Crippen MR) is 117 cm³/mol. The van der Waals surface area contributed by atoms with Gasteiger partial charge >= 0.3 is 0 Å². The van der Waals surface area contributed by atoms with Crippen LogP contribution in [-0.2, 0) is 21.9 Å². The number of benzene rings is 2. The molecule has 0 fully saturated rings. The number of carbonyl (C=O) groups is 2. The minimum absolute atomic E-state index is 0.128. The molecule has 2 rings (SSSR count). The van der Waals surface area contributed by atoms with Crippen molar-refractivity contribution in [3.05, 3.63) is 70.5 Å². The van der Waals surface area contributed by atoms with E-state index in [9.17, 15) is 14.0 Å². The number of nitrogens with one attached hydrogen (secondary N) is 1. The number of halogens is 2. The summed E-state index contributed by atoms with van der Waals surface area (Å²) in [5, 5.41) is 3.19. The van der Waals surface area contributed by atoms with Crippen molar-refractivity contribution in [2.45, 2.75) is 38.6 Å². The molecule has 0 heterocycles. The number of rotatable bonds is 10. The zero-order valence-corrected chi connectivity index (χ0v) is 18.2. The molecule has 0 saturated heterocycles. The van der Waals surface area contributed by atoms with Gasteiger partial charge < -0.3 is 10.2 Å². The minimum atomic E-state index is -0.605. The monoisotopic (exact) mass is 436 g/mol. The van der Waals surface area contributed by atoms with Crippen molar-refractivity contribution in [2.24, 2.45) is 0 Å². The Kier molecular flexibility index (Phi) is 9.48. The summed E-state index contributed by atoms with van der Waals surface area (Å²) in [6.07, 6.45) is 0.824. The summed E-state index contributed by atoms with van der Waals surface area (Å²) < 4.78 is 13.9.